The van der Waals surface area contributed by atoms with Gasteiger partial charge in [0.1, 0.15) is 11.6 Å². The SMILES string of the molecule is CC1CCOC1C(=O)N1CCCC1(C)C(=O)O. The molecule has 0 radical (unpaired) electrons. The van der Waals surface area contributed by atoms with Crippen molar-refractivity contribution < 1.29 is 19.4 Å². The minimum absolute atomic E-state index is 0.155. The number of hydrogen-bond donors (Lipinski definition) is 1. The lowest BCUT2D eigenvalue weighted by Gasteiger charge is -2.33. The number of carbonyl (C=O) groups is 2. The molecule has 1 amide bonds. The molecule has 2 aliphatic heterocycles. The number of rotatable bonds is 2. The van der Waals surface area contributed by atoms with Crippen LogP contribution in [0, 0.1) is 5.92 Å². The van der Waals surface area contributed by atoms with Crippen LogP contribution in [0.3, 0.4) is 0 Å². The maximum absolute atomic E-state index is 12.3. The molecule has 96 valence electrons. The molecular formula is C12H19NO4. The Hall–Kier alpha value is -1.10. The topological polar surface area (TPSA) is 66.8 Å². The van der Waals surface area contributed by atoms with Crippen LogP contribution in [0.25, 0.3) is 0 Å². The van der Waals surface area contributed by atoms with Crippen LogP contribution in [0.4, 0.5) is 0 Å². The van der Waals surface area contributed by atoms with E-state index in [1.165, 1.54) is 4.90 Å². The van der Waals surface area contributed by atoms with Crippen molar-refractivity contribution in [2.75, 3.05) is 13.2 Å². The molecule has 3 unspecified atom stereocenters. The van der Waals surface area contributed by atoms with Crippen molar-refractivity contribution in [2.45, 2.75) is 44.8 Å². The molecule has 5 heteroatoms. The monoisotopic (exact) mass is 241 g/mol. The Morgan fingerprint density at radius 1 is 1.47 bits per heavy atom. The minimum Gasteiger partial charge on any atom is -0.480 e. The van der Waals surface area contributed by atoms with Gasteiger partial charge in [0.05, 0.1) is 0 Å². The van der Waals surface area contributed by atoms with E-state index in [9.17, 15) is 14.7 Å². The minimum atomic E-state index is -1.05. The van der Waals surface area contributed by atoms with Gasteiger partial charge in [0, 0.05) is 13.2 Å². The fourth-order valence-corrected chi connectivity index (χ4v) is 2.70. The summed E-state index contributed by atoms with van der Waals surface area (Å²) in [6.07, 6.45) is 1.69. The standard InChI is InChI=1S/C12H19NO4/c1-8-4-7-17-9(8)10(14)13-6-3-5-12(13,2)11(15)16/h8-9H,3-7H2,1-2H3,(H,15,16). The van der Waals surface area contributed by atoms with Crippen molar-refractivity contribution in [1.29, 1.82) is 0 Å². The molecule has 0 aromatic heterocycles. The fourth-order valence-electron chi connectivity index (χ4n) is 2.70. The largest absolute Gasteiger partial charge is 0.480 e. The zero-order chi connectivity index (χ0) is 12.6. The number of nitrogens with zero attached hydrogens (tertiary/aromatic N) is 1. The summed E-state index contributed by atoms with van der Waals surface area (Å²) in [6, 6.07) is 0. The summed E-state index contributed by atoms with van der Waals surface area (Å²) in [4.78, 5) is 25.1. The van der Waals surface area contributed by atoms with E-state index in [1.807, 2.05) is 6.92 Å². The van der Waals surface area contributed by atoms with Gasteiger partial charge in [-0.25, -0.2) is 4.79 Å². The van der Waals surface area contributed by atoms with Crippen molar-refractivity contribution in [2.24, 2.45) is 5.92 Å². The van der Waals surface area contributed by atoms with Crippen molar-refractivity contribution in [3.63, 3.8) is 0 Å². The molecule has 2 aliphatic rings. The van der Waals surface area contributed by atoms with Gasteiger partial charge in [-0.2, -0.15) is 0 Å². The van der Waals surface area contributed by atoms with Gasteiger partial charge in [-0.3, -0.25) is 4.79 Å². The van der Waals surface area contributed by atoms with Gasteiger partial charge >= 0.3 is 5.97 Å². The molecule has 0 saturated carbocycles. The Labute approximate surface area is 101 Å². The van der Waals surface area contributed by atoms with Crippen LogP contribution in [-0.2, 0) is 14.3 Å². The molecule has 17 heavy (non-hydrogen) atoms. The number of amides is 1. The molecule has 0 aliphatic carbocycles. The molecule has 1 N–H and O–H groups in total. The van der Waals surface area contributed by atoms with E-state index >= 15 is 0 Å². The van der Waals surface area contributed by atoms with Crippen LogP contribution in [-0.4, -0.2) is 46.7 Å². The van der Waals surface area contributed by atoms with Crippen molar-refractivity contribution in [3.05, 3.63) is 0 Å². The van der Waals surface area contributed by atoms with E-state index < -0.39 is 17.6 Å². The van der Waals surface area contributed by atoms with Crippen LogP contribution in [0.1, 0.15) is 33.1 Å². The van der Waals surface area contributed by atoms with E-state index in [-0.39, 0.29) is 11.8 Å². The normalized spacial score (nSPS) is 37.4. The number of likely N-dealkylation sites (tertiary alicyclic amines) is 1. The second kappa shape index (κ2) is 4.29. The Morgan fingerprint density at radius 3 is 2.71 bits per heavy atom. The summed E-state index contributed by atoms with van der Waals surface area (Å²) in [6.45, 7) is 4.72. The first-order chi connectivity index (χ1) is 7.97. The first-order valence-electron chi connectivity index (χ1n) is 6.13. The summed E-state index contributed by atoms with van der Waals surface area (Å²) >= 11 is 0. The average Bonchev–Trinajstić information content (AvgIpc) is 2.84. The molecule has 2 rings (SSSR count). The number of carboxylic acids is 1. The van der Waals surface area contributed by atoms with Gasteiger partial charge in [0.2, 0.25) is 0 Å². The van der Waals surface area contributed by atoms with E-state index in [0.29, 0.717) is 19.6 Å². The average molecular weight is 241 g/mol. The Bertz CT molecular complexity index is 343. The number of carbonyl (C=O) groups excluding carboxylic acids is 1. The molecule has 0 aromatic rings. The van der Waals surface area contributed by atoms with Crippen molar-refractivity contribution in [1.82, 2.24) is 4.90 Å². The van der Waals surface area contributed by atoms with Gasteiger partial charge in [-0.1, -0.05) is 6.92 Å². The third-order valence-electron chi connectivity index (χ3n) is 4.00. The van der Waals surface area contributed by atoms with Gasteiger partial charge in [0.15, 0.2) is 0 Å². The first kappa shape index (κ1) is 12.4. The maximum atomic E-state index is 12.3. The second-order valence-corrected chi connectivity index (χ2v) is 5.23. The summed E-state index contributed by atoms with van der Waals surface area (Å²) in [5, 5.41) is 9.27. The Kier molecular flexibility index (Phi) is 3.12. The van der Waals surface area contributed by atoms with Crippen LogP contribution >= 0.6 is 0 Å². The molecule has 0 spiro atoms. The highest BCUT2D eigenvalue weighted by Gasteiger charge is 2.48. The van der Waals surface area contributed by atoms with Crippen LogP contribution in [0.5, 0.6) is 0 Å². The highest BCUT2D eigenvalue weighted by molar-refractivity contribution is 5.89. The maximum Gasteiger partial charge on any atom is 0.329 e. The molecule has 2 fully saturated rings. The zero-order valence-electron chi connectivity index (χ0n) is 10.3. The lowest BCUT2D eigenvalue weighted by molar-refractivity contribution is -0.160. The highest BCUT2D eigenvalue weighted by Crippen LogP contribution is 2.32. The zero-order valence-corrected chi connectivity index (χ0v) is 10.3. The summed E-state index contributed by atoms with van der Waals surface area (Å²) in [5.74, 6) is -0.896. The quantitative estimate of drug-likeness (QED) is 0.779. The number of carboxylic acid groups (broad SMARTS) is 1. The number of ether oxygens (including phenoxy) is 1. The van der Waals surface area contributed by atoms with Gasteiger partial charge in [-0.05, 0) is 32.1 Å². The lowest BCUT2D eigenvalue weighted by Crippen LogP contribution is -2.54. The summed E-state index contributed by atoms with van der Waals surface area (Å²) in [7, 11) is 0. The van der Waals surface area contributed by atoms with Crippen LogP contribution in [0.2, 0.25) is 0 Å². The predicted octanol–water partition coefficient (Wildman–Crippen LogP) is 0.877. The second-order valence-electron chi connectivity index (χ2n) is 5.23. The van der Waals surface area contributed by atoms with Gasteiger partial charge < -0.3 is 14.7 Å². The lowest BCUT2D eigenvalue weighted by atomic mass is 9.97. The van der Waals surface area contributed by atoms with Crippen molar-refractivity contribution >= 4 is 11.9 Å². The summed E-state index contributed by atoms with van der Waals surface area (Å²) < 4.78 is 5.43. The van der Waals surface area contributed by atoms with Gasteiger partial charge in [0.25, 0.3) is 5.91 Å². The number of aliphatic carboxylic acids is 1. The first-order valence-corrected chi connectivity index (χ1v) is 6.13. The third kappa shape index (κ3) is 1.92. The molecule has 3 atom stereocenters. The third-order valence-corrected chi connectivity index (χ3v) is 4.00. The van der Waals surface area contributed by atoms with Crippen molar-refractivity contribution in [3.8, 4) is 0 Å². The Balaban J connectivity index is 2.16. The van der Waals surface area contributed by atoms with E-state index in [0.717, 1.165) is 12.8 Å². The fraction of sp³-hybridized carbons (Fsp3) is 0.833. The highest BCUT2D eigenvalue weighted by atomic mass is 16.5. The Morgan fingerprint density at radius 2 is 2.18 bits per heavy atom. The van der Waals surface area contributed by atoms with E-state index in [2.05, 4.69) is 0 Å². The van der Waals surface area contributed by atoms with Crippen LogP contribution in [0.15, 0.2) is 0 Å². The van der Waals surface area contributed by atoms with E-state index in [1.54, 1.807) is 6.92 Å². The predicted molar refractivity (Wildman–Crippen MR) is 60.5 cm³/mol. The molecule has 5 nitrogen and oxygen atoms in total. The summed E-state index contributed by atoms with van der Waals surface area (Å²) in [5.41, 5.74) is -1.05. The smallest absolute Gasteiger partial charge is 0.329 e. The number of hydrogen-bond acceptors (Lipinski definition) is 3. The van der Waals surface area contributed by atoms with Crippen LogP contribution < -0.4 is 0 Å². The molecule has 2 heterocycles. The molecule has 0 bridgehead atoms. The molecule has 0 aromatic carbocycles. The molecule has 2 saturated heterocycles. The van der Waals surface area contributed by atoms with Gasteiger partial charge in [-0.15, -0.1) is 0 Å². The molecular weight excluding hydrogens is 222 g/mol. The van der Waals surface area contributed by atoms with E-state index in [4.69, 9.17) is 4.74 Å².